The Hall–Kier alpha value is -4.72. The number of primary amides is 1. The molecule has 0 saturated heterocycles. The van der Waals surface area contributed by atoms with Crippen molar-refractivity contribution in [2.24, 2.45) is 5.73 Å². The second kappa shape index (κ2) is 18.4. The van der Waals surface area contributed by atoms with Crippen LogP contribution in [0.2, 0.25) is 10.0 Å². The normalized spacial score (nSPS) is 11.8. The van der Waals surface area contributed by atoms with Crippen molar-refractivity contribution < 1.29 is 27.8 Å². The summed E-state index contributed by atoms with van der Waals surface area (Å²) in [6.45, 7) is 9.19. The van der Waals surface area contributed by atoms with E-state index in [-0.39, 0.29) is 11.6 Å². The van der Waals surface area contributed by atoms with Gasteiger partial charge in [-0.3, -0.25) is 14.9 Å². The summed E-state index contributed by atoms with van der Waals surface area (Å²) in [5.74, 6) is 0.0166. The van der Waals surface area contributed by atoms with Gasteiger partial charge in [0.05, 0.1) is 46.9 Å². The summed E-state index contributed by atoms with van der Waals surface area (Å²) >= 11 is 12.9. The predicted octanol–water partition coefficient (Wildman–Crippen LogP) is 7.84. The predicted molar refractivity (Wildman–Crippen MR) is 204 cm³/mol. The topological polar surface area (TPSA) is 126 Å². The minimum Gasteiger partial charge on any atom is -0.380 e. The zero-order valence-electron chi connectivity index (χ0n) is 29.5. The van der Waals surface area contributed by atoms with E-state index in [4.69, 9.17) is 38.4 Å². The highest BCUT2D eigenvalue weighted by Gasteiger charge is 2.18. The van der Waals surface area contributed by atoms with Gasteiger partial charge in [0.1, 0.15) is 28.5 Å². The number of benzene rings is 4. The smallest absolute Gasteiger partial charge is 0.234 e. The molecule has 1 amide bonds. The number of nitrogens with two attached hydrogens (primary N) is 1. The third kappa shape index (κ3) is 9.64. The fraction of sp³-hybridized carbons (Fsp3) is 0.282. The summed E-state index contributed by atoms with van der Waals surface area (Å²) in [4.78, 5) is 31.6. The summed E-state index contributed by atoms with van der Waals surface area (Å²) < 4.78 is 41.1. The number of carbonyl (C=O) groups is 2. The minimum absolute atomic E-state index is 0.292. The molecule has 14 heteroatoms. The van der Waals surface area contributed by atoms with Gasteiger partial charge in [-0.2, -0.15) is 0 Å². The van der Waals surface area contributed by atoms with Gasteiger partial charge >= 0.3 is 0 Å². The lowest BCUT2D eigenvalue weighted by Gasteiger charge is -2.13. The van der Waals surface area contributed by atoms with Crippen LogP contribution in [0.15, 0.2) is 72.8 Å². The quantitative estimate of drug-likeness (QED) is 0.0806. The molecule has 278 valence electrons. The number of hydrogen-bond acceptors (Lipinski definition) is 7. The lowest BCUT2D eigenvalue weighted by atomic mass is 10.1. The molecule has 6 rings (SSSR count). The van der Waals surface area contributed by atoms with Crippen LogP contribution in [0, 0.1) is 11.6 Å². The first-order valence-corrected chi connectivity index (χ1v) is 17.8. The summed E-state index contributed by atoms with van der Waals surface area (Å²) in [6.07, 6.45) is 0.708. The zero-order valence-corrected chi connectivity index (χ0v) is 31.1. The van der Waals surface area contributed by atoms with E-state index < -0.39 is 11.9 Å². The molecule has 0 bridgehead atoms. The second-order valence-electron chi connectivity index (χ2n) is 12.0. The average molecular weight is 766 g/mol. The van der Waals surface area contributed by atoms with E-state index in [0.717, 1.165) is 39.1 Å². The second-order valence-corrected chi connectivity index (χ2v) is 12.8. The Bertz CT molecular complexity index is 2190. The number of aldehydes is 1. The molecule has 0 aliphatic rings. The van der Waals surface area contributed by atoms with Gasteiger partial charge in [0, 0.05) is 26.3 Å². The molecule has 6 aromatic rings. The lowest BCUT2D eigenvalue weighted by Crippen LogP contribution is -2.38. The highest BCUT2D eigenvalue weighted by Crippen LogP contribution is 2.33. The van der Waals surface area contributed by atoms with Crippen LogP contribution in [0.4, 0.5) is 8.78 Å². The molecule has 0 spiro atoms. The number of hydrogen-bond donors (Lipinski definition) is 2. The fourth-order valence-corrected chi connectivity index (χ4v) is 6.21. The van der Waals surface area contributed by atoms with Crippen molar-refractivity contribution in [1.29, 1.82) is 0 Å². The highest BCUT2D eigenvalue weighted by atomic mass is 35.5. The van der Waals surface area contributed by atoms with E-state index in [1.54, 1.807) is 41.8 Å². The molecule has 2 aromatic heterocycles. The van der Waals surface area contributed by atoms with Gasteiger partial charge < -0.3 is 24.3 Å². The Morgan fingerprint density at radius 1 is 0.792 bits per heavy atom. The maximum absolute atomic E-state index is 13.3. The third-order valence-electron chi connectivity index (χ3n) is 8.50. The van der Waals surface area contributed by atoms with Crippen molar-refractivity contribution in [3.63, 3.8) is 0 Å². The van der Waals surface area contributed by atoms with Gasteiger partial charge in [-0.25, -0.2) is 18.7 Å². The molecular formula is C39H40Cl2F2N6O4. The van der Waals surface area contributed by atoms with Crippen molar-refractivity contribution in [3.8, 4) is 22.3 Å². The number of imidazole rings is 2. The van der Waals surface area contributed by atoms with Crippen LogP contribution < -0.4 is 11.1 Å². The Labute approximate surface area is 315 Å². The molecule has 0 unspecified atom stereocenters. The summed E-state index contributed by atoms with van der Waals surface area (Å²) in [6, 6.07) is 19.4. The van der Waals surface area contributed by atoms with Crippen LogP contribution in [-0.2, 0) is 33.9 Å². The fourth-order valence-electron chi connectivity index (χ4n) is 5.70. The van der Waals surface area contributed by atoms with E-state index in [0.29, 0.717) is 79.3 Å². The van der Waals surface area contributed by atoms with Crippen molar-refractivity contribution >= 4 is 57.5 Å². The number of ether oxygens (including phenoxy) is 2. The van der Waals surface area contributed by atoms with Crippen LogP contribution in [0.1, 0.15) is 37.2 Å². The molecule has 53 heavy (non-hydrogen) atoms. The Balaban J connectivity index is 0.000000208. The minimum atomic E-state index is -0.486. The van der Waals surface area contributed by atoms with Crippen molar-refractivity contribution in [3.05, 3.63) is 106 Å². The Morgan fingerprint density at radius 2 is 1.26 bits per heavy atom. The molecule has 1 atom stereocenters. The van der Waals surface area contributed by atoms with Crippen LogP contribution in [0.25, 0.3) is 44.3 Å². The molecular weight excluding hydrogens is 725 g/mol. The van der Waals surface area contributed by atoms with Crippen LogP contribution in [0.5, 0.6) is 0 Å². The van der Waals surface area contributed by atoms with Crippen molar-refractivity contribution in [1.82, 2.24) is 24.4 Å². The lowest BCUT2D eigenvalue weighted by molar-refractivity contribution is -0.119. The zero-order chi connectivity index (χ0) is 38.1. The van der Waals surface area contributed by atoms with E-state index in [9.17, 15) is 18.4 Å². The van der Waals surface area contributed by atoms with E-state index in [2.05, 4.69) is 15.3 Å². The monoisotopic (exact) mass is 764 g/mol. The Kier molecular flexibility index (Phi) is 13.7. The van der Waals surface area contributed by atoms with Gasteiger partial charge in [0.2, 0.25) is 5.91 Å². The Morgan fingerprint density at radius 3 is 1.74 bits per heavy atom. The average Bonchev–Trinajstić information content (AvgIpc) is 3.69. The van der Waals surface area contributed by atoms with Gasteiger partial charge in [0.15, 0.2) is 12.1 Å². The van der Waals surface area contributed by atoms with E-state index in [1.165, 1.54) is 24.3 Å². The maximum Gasteiger partial charge on any atom is 0.234 e. The molecule has 2 heterocycles. The first kappa shape index (κ1) is 39.5. The van der Waals surface area contributed by atoms with Crippen molar-refractivity contribution in [2.45, 2.75) is 46.4 Å². The molecule has 0 aliphatic carbocycles. The molecule has 4 aromatic carbocycles. The van der Waals surface area contributed by atoms with Crippen LogP contribution in [-0.4, -0.2) is 63.8 Å². The number of aromatic nitrogens is 4. The molecule has 10 nitrogen and oxygen atoms in total. The standard InChI is InChI=1S/C21H24ClFN4O2.C18H16ClFN2O2/c1-3-29-9-8-27-18-11-15(14-4-6-16(23)7-5-14)10-17(22)20(18)26-19(27)12-25-13(2)21(24)28;1-2-24-8-7-22-16-10-13(12-3-5-14(20)6-4-12)9-15(19)18(16)21-17(22)11-23/h4-7,10-11,13,25H,3,8-9,12H2,1-2H3,(H2,24,28);3-6,9-11H,2,7-8H2,1H3/t13-;/m0./s1. The third-order valence-corrected chi connectivity index (χ3v) is 9.08. The molecule has 0 saturated carbocycles. The number of nitrogens with zero attached hydrogens (tertiary/aromatic N) is 4. The number of halogens is 4. The number of rotatable bonds is 15. The highest BCUT2D eigenvalue weighted by molar-refractivity contribution is 6.35. The number of amides is 1. The largest absolute Gasteiger partial charge is 0.380 e. The van der Waals surface area contributed by atoms with Gasteiger partial charge in [-0.05, 0) is 91.6 Å². The van der Waals surface area contributed by atoms with E-state index in [1.807, 2.05) is 36.6 Å². The number of fused-ring (bicyclic) bond motifs is 2. The molecule has 3 N–H and O–H groups in total. The van der Waals surface area contributed by atoms with Gasteiger partial charge in [0.25, 0.3) is 0 Å². The first-order chi connectivity index (χ1) is 25.5. The first-order valence-electron chi connectivity index (χ1n) is 17.1. The summed E-state index contributed by atoms with van der Waals surface area (Å²) in [5.41, 5.74) is 11.6. The van der Waals surface area contributed by atoms with E-state index >= 15 is 0 Å². The van der Waals surface area contributed by atoms with Crippen molar-refractivity contribution in [2.75, 3.05) is 26.4 Å². The van der Waals surface area contributed by atoms with Crippen LogP contribution >= 0.6 is 23.2 Å². The number of carbonyl (C=O) groups excluding carboxylic acids is 2. The molecule has 0 fully saturated rings. The molecule has 0 radical (unpaired) electrons. The maximum atomic E-state index is 13.3. The SMILES string of the molecule is CCOCCn1c(C=O)nc2c(Cl)cc(-c3ccc(F)cc3)cc21.CCOCCn1c(CN[C@@H](C)C(N)=O)nc2c(Cl)cc(-c3ccc(F)cc3)cc21. The summed E-state index contributed by atoms with van der Waals surface area (Å²) in [7, 11) is 0. The number of nitrogens with one attached hydrogen (secondary N) is 1. The van der Waals surface area contributed by atoms with Gasteiger partial charge in [-0.1, -0.05) is 47.5 Å². The van der Waals surface area contributed by atoms with Crippen LogP contribution in [0.3, 0.4) is 0 Å². The molecule has 0 aliphatic heterocycles. The summed E-state index contributed by atoms with van der Waals surface area (Å²) in [5, 5.41) is 4.03. The van der Waals surface area contributed by atoms with Gasteiger partial charge in [-0.15, -0.1) is 0 Å².